The average molecular weight is 373 g/mol. The van der Waals surface area contributed by atoms with Gasteiger partial charge >= 0.3 is 0 Å². The minimum Gasteiger partial charge on any atom is -0.496 e. The standard InChI is InChI=1S/C21H19N5O2/c1-28-19-5-3-2-4-17(19)12-20(27)23-13-15-6-8-16(9-7-15)18-10-11-22-21-24-14-25-26(18)21/h2-11,14H,12-13H2,1H3,(H,23,27). The van der Waals surface area contributed by atoms with Gasteiger partial charge < -0.3 is 10.1 Å². The minimum absolute atomic E-state index is 0.0490. The van der Waals surface area contributed by atoms with E-state index >= 15 is 0 Å². The number of benzene rings is 2. The summed E-state index contributed by atoms with van der Waals surface area (Å²) in [4.78, 5) is 20.5. The van der Waals surface area contributed by atoms with E-state index in [0.717, 1.165) is 28.1 Å². The zero-order valence-corrected chi connectivity index (χ0v) is 15.4. The number of fused-ring (bicyclic) bond motifs is 1. The summed E-state index contributed by atoms with van der Waals surface area (Å²) in [5, 5.41) is 7.16. The van der Waals surface area contributed by atoms with E-state index in [1.807, 2.05) is 54.6 Å². The Morgan fingerprint density at radius 3 is 2.71 bits per heavy atom. The van der Waals surface area contributed by atoms with Crippen molar-refractivity contribution in [3.63, 3.8) is 0 Å². The number of methoxy groups -OCH3 is 1. The molecular weight excluding hydrogens is 354 g/mol. The Bertz CT molecular complexity index is 1110. The molecule has 0 saturated carbocycles. The summed E-state index contributed by atoms with van der Waals surface area (Å²) >= 11 is 0. The number of hydrogen-bond donors (Lipinski definition) is 1. The molecule has 0 saturated heterocycles. The first kappa shape index (κ1) is 17.7. The molecule has 0 bridgehead atoms. The molecule has 0 atom stereocenters. The zero-order valence-electron chi connectivity index (χ0n) is 15.4. The van der Waals surface area contributed by atoms with Crippen LogP contribution in [0.4, 0.5) is 0 Å². The first-order valence-corrected chi connectivity index (χ1v) is 8.87. The van der Waals surface area contributed by atoms with Gasteiger partial charge in [-0.2, -0.15) is 14.6 Å². The molecule has 4 aromatic rings. The molecule has 4 rings (SSSR count). The summed E-state index contributed by atoms with van der Waals surface area (Å²) in [5.41, 5.74) is 3.80. The molecule has 2 heterocycles. The van der Waals surface area contributed by atoms with Crippen molar-refractivity contribution in [3.05, 3.63) is 78.2 Å². The number of carbonyl (C=O) groups excluding carboxylic acids is 1. The molecule has 0 aliphatic heterocycles. The third-order valence-corrected chi connectivity index (χ3v) is 4.46. The highest BCUT2D eigenvalue weighted by Gasteiger charge is 2.09. The van der Waals surface area contributed by atoms with Gasteiger partial charge in [-0.1, -0.05) is 42.5 Å². The molecule has 0 unspecified atom stereocenters. The molecule has 140 valence electrons. The van der Waals surface area contributed by atoms with Crippen LogP contribution in [-0.2, 0) is 17.8 Å². The van der Waals surface area contributed by atoms with Crippen molar-refractivity contribution in [2.75, 3.05) is 7.11 Å². The Hall–Kier alpha value is -3.74. The van der Waals surface area contributed by atoms with E-state index < -0.39 is 0 Å². The Balaban J connectivity index is 1.41. The Labute approximate surface area is 162 Å². The van der Waals surface area contributed by atoms with E-state index in [1.54, 1.807) is 17.8 Å². The first-order valence-electron chi connectivity index (χ1n) is 8.87. The summed E-state index contributed by atoms with van der Waals surface area (Å²) in [6, 6.07) is 17.4. The SMILES string of the molecule is COc1ccccc1CC(=O)NCc1ccc(-c2ccnc3ncnn23)cc1. The van der Waals surface area contributed by atoms with E-state index in [0.29, 0.717) is 12.3 Å². The lowest BCUT2D eigenvalue weighted by molar-refractivity contribution is -0.120. The molecule has 0 spiro atoms. The lowest BCUT2D eigenvalue weighted by Crippen LogP contribution is -2.24. The van der Waals surface area contributed by atoms with Crippen LogP contribution in [0.5, 0.6) is 5.75 Å². The van der Waals surface area contributed by atoms with Gasteiger partial charge in [0, 0.05) is 23.9 Å². The lowest BCUT2D eigenvalue weighted by Gasteiger charge is -2.09. The van der Waals surface area contributed by atoms with Crippen molar-refractivity contribution in [1.82, 2.24) is 24.9 Å². The normalized spacial score (nSPS) is 10.8. The average Bonchev–Trinajstić information content (AvgIpc) is 3.22. The van der Waals surface area contributed by atoms with Gasteiger partial charge in [-0.25, -0.2) is 4.98 Å². The van der Waals surface area contributed by atoms with Gasteiger partial charge in [-0.15, -0.1) is 0 Å². The van der Waals surface area contributed by atoms with Crippen LogP contribution in [0.2, 0.25) is 0 Å². The van der Waals surface area contributed by atoms with E-state index in [9.17, 15) is 4.79 Å². The molecule has 0 fully saturated rings. The highest BCUT2D eigenvalue weighted by molar-refractivity contribution is 5.79. The largest absolute Gasteiger partial charge is 0.496 e. The summed E-state index contributed by atoms with van der Waals surface area (Å²) in [7, 11) is 1.61. The maximum absolute atomic E-state index is 12.3. The van der Waals surface area contributed by atoms with Crippen LogP contribution in [0.25, 0.3) is 17.0 Å². The number of hydrogen-bond acceptors (Lipinski definition) is 5. The predicted molar refractivity (Wildman–Crippen MR) is 105 cm³/mol. The smallest absolute Gasteiger partial charge is 0.252 e. The van der Waals surface area contributed by atoms with Crippen LogP contribution in [0, 0.1) is 0 Å². The second-order valence-electron chi connectivity index (χ2n) is 6.26. The molecule has 28 heavy (non-hydrogen) atoms. The molecule has 7 nitrogen and oxygen atoms in total. The highest BCUT2D eigenvalue weighted by atomic mass is 16.5. The van der Waals surface area contributed by atoms with Gasteiger partial charge in [-0.05, 0) is 17.7 Å². The fourth-order valence-electron chi connectivity index (χ4n) is 3.04. The topological polar surface area (TPSA) is 81.4 Å². The monoisotopic (exact) mass is 373 g/mol. The first-order chi connectivity index (χ1) is 13.7. The number of rotatable bonds is 6. The summed E-state index contributed by atoms with van der Waals surface area (Å²) in [6.07, 6.45) is 3.48. The van der Waals surface area contributed by atoms with Gasteiger partial charge in [0.1, 0.15) is 12.1 Å². The second kappa shape index (κ2) is 7.87. The second-order valence-corrected chi connectivity index (χ2v) is 6.26. The van der Waals surface area contributed by atoms with Crippen molar-refractivity contribution in [1.29, 1.82) is 0 Å². The number of aromatic nitrogens is 4. The van der Waals surface area contributed by atoms with Gasteiger partial charge in [-0.3, -0.25) is 4.79 Å². The number of nitrogens with zero attached hydrogens (tertiary/aromatic N) is 4. The molecular formula is C21H19N5O2. The highest BCUT2D eigenvalue weighted by Crippen LogP contribution is 2.20. The number of carbonyl (C=O) groups is 1. The van der Waals surface area contributed by atoms with Crippen molar-refractivity contribution >= 4 is 11.7 Å². The molecule has 1 amide bonds. The Kier molecular flexibility index (Phi) is 4.97. The van der Waals surface area contributed by atoms with Crippen LogP contribution in [0.1, 0.15) is 11.1 Å². The van der Waals surface area contributed by atoms with Gasteiger partial charge in [0.05, 0.1) is 19.2 Å². The summed E-state index contributed by atoms with van der Waals surface area (Å²) < 4.78 is 6.99. The maximum Gasteiger partial charge on any atom is 0.252 e. The quantitative estimate of drug-likeness (QED) is 0.562. The van der Waals surface area contributed by atoms with Gasteiger partial charge in [0.15, 0.2) is 0 Å². The van der Waals surface area contributed by atoms with Crippen LogP contribution >= 0.6 is 0 Å². The van der Waals surface area contributed by atoms with Crippen LogP contribution in [0.3, 0.4) is 0 Å². The van der Waals surface area contributed by atoms with E-state index in [2.05, 4.69) is 20.4 Å². The Morgan fingerprint density at radius 2 is 1.89 bits per heavy atom. The van der Waals surface area contributed by atoms with E-state index in [-0.39, 0.29) is 12.3 Å². The van der Waals surface area contributed by atoms with Gasteiger partial charge in [0.25, 0.3) is 5.78 Å². The molecule has 0 radical (unpaired) electrons. The molecule has 7 heteroatoms. The third-order valence-electron chi connectivity index (χ3n) is 4.46. The number of nitrogens with one attached hydrogen (secondary N) is 1. The van der Waals surface area contributed by atoms with Crippen molar-refractivity contribution in [2.45, 2.75) is 13.0 Å². The van der Waals surface area contributed by atoms with Crippen molar-refractivity contribution < 1.29 is 9.53 Å². The molecule has 0 aliphatic rings. The van der Waals surface area contributed by atoms with E-state index in [4.69, 9.17) is 4.74 Å². The third kappa shape index (κ3) is 3.68. The number of amides is 1. The molecule has 2 aromatic heterocycles. The van der Waals surface area contributed by atoms with E-state index in [1.165, 1.54) is 6.33 Å². The van der Waals surface area contributed by atoms with Crippen LogP contribution in [0.15, 0.2) is 67.1 Å². The molecule has 1 N–H and O–H groups in total. The molecule has 2 aromatic carbocycles. The summed E-state index contributed by atoms with van der Waals surface area (Å²) in [6.45, 7) is 0.462. The number of ether oxygens (including phenoxy) is 1. The molecule has 0 aliphatic carbocycles. The maximum atomic E-state index is 12.3. The predicted octanol–water partition coefficient (Wildman–Crippen LogP) is 2.66. The van der Waals surface area contributed by atoms with Crippen LogP contribution in [-0.4, -0.2) is 32.6 Å². The number of para-hydroxylation sites is 1. The van der Waals surface area contributed by atoms with Crippen molar-refractivity contribution in [3.8, 4) is 17.0 Å². The Morgan fingerprint density at radius 1 is 1.07 bits per heavy atom. The van der Waals surface area contributed by atoms with Crippen LogP contribution < -0.4 is 10.1 Å². The lowest BCUT2D eigenvalue weighted by atomic mass is 10.1. The fourth-order valence-corrected chi connectivity index (χ4v) is 3.04. The van der Waals surface area contributed by atoms with Gasteiger partial charge in [0.2, 0.25) is 5.91 Å². The fraction of sp³-hybridized carbons (Fsp3) is 0.143. The zero-order chi connectivity index (χ0) is 19.3. The summed E-state index contributed by atoms with van der Waals surface area (Å²) in [5.74, 6) is 1.23. The van der Waals surface area contributed by atoms with Crippen molar-refractivity contribution in [2.24, 2.45) is 0 Å². The minimum atomic E-state index is -0.0490.